The van der Waals surface area contributed by atoms with Crippen molar-refractivity contribution in [1.82, 2.24) is 4.98 Å². The minimum absolute atomic E-state index is 0.247. The van der Waals surface area contributed by atoms with Crippen molar-refractivity contribution in [1.29, 1.82) is 0 Å². The predicted octanol–water partition coefficient (Wildman–Crippen LogP) is 1.93. The Balaban J connectivity index is 1.67. The number of pyridine rings is 1. The second-order valence-corrected chi connectivity index (χ2v) is 5.98. The van der Waals surface area contributed by atoms with Gasteiger partial charge in [-0.2, -0.15) is 0 Å². The Hall–Kier alpha value is -1.76. The van der Waals surface area contributed by atoms with Gasteiger partial charge in [0.05, 0.1) is 31.6 Å². The van der Waals surface area contributed by atoms with Crippen molar-refractivity contribution in [3.8, 4) is 0 Å². The standard InChI is InChI=1S/C17H21NO5/c1-21-15(19)14-4-2-3-13(18-14)5-6-16(20)7-9-17(10-8-16)22-11-12-23-17/h2-6,20H,7-12H2,1H3/b6-5+. The van der Waals surface area contributed by atoms with Crippen LogP contribution in [0.15, 0.2) is 24.3 Å². The lowest BCUT2D eigenvalue weighted by Crippen LogP contribution is -2.42. The Morgan fingerprint density at radius 3 is 2.61 bits per heavy atom. The summed E-state index contributed by atoms with van der Waals surface area (Å²) in [6, 6.07) is 5.11. The summed E-state index contributed by atoms with van der Waals surface area (Å²) < 4.78 is 16.0. The molecule has 1 spiro atoms. The van der Waals surface area contributed by atoms with E-state index < -0.39 is 17.4 Å². The third-order valence-corrected chi connectivity index (χ3v) is 4.42. The zero-order chi connectivity index (χ0) is 16.3. The van der Waals surface area contributed by atoms with Crippen LogP contribution >= 0.6 is 0 Å². The first-order valence-electron chi connectivity index (χ1n) is 7.79. The third kappa shape index (κ3) is 3.60. The van der Waals surface area contributed by atoms with Gasteiger partial charge in [-0.15, -0.1) is 0 Å². The number of methoxy groups -OCH3 is 1. The molecule has 2 fully saturated rings. The van der Waals surface area contributed by atoms with Gasteiger partial charge in [-0.3, -0.25) is 0 Å². The Morgan fingerprint density at radius 2 is 1.96 bits per heavy atom. The second-order valence-electron chi connectivity index (χ2n) is 5.98. The number of rotatable bonds is 3. The van der Waals surface area contributed by atoms with E-state index in [2.05, 4.69) is 9.72 Å². The van der Waals surface area contributed by atoms with Crippen LogP contribution in [0.2, 0.25) is 0 Å². The van der Waals surface area contributed by atoms with Crippen LogP contribution in [0, 0.1) is 0 Å². The lowest BCUT2D eigenvalue weighted by atomic mass is 9.81. The van der Waals surface area contributed by atoms with Crippen molar-refractivity contribution < 1.29 is 24.1 Å². The highest BCUT2D eigenvalue weighted by Crippen LogP contribution is 2.40. The Bertz CT molecular complexity index is 597. The molecule has 1 saturated carbocycles. The first-order valence-corrected chi connectivity index (χ1v) is 7.79. The molecule has 0 radical (unpaired) electrons. The summed E-state index contributed by atoms with van der Waals surface area (Å²) in [5.74, 6) is -0.975. The second kappa shape index (κ2) is 6.39. The number of nitrogens with zero attached hydrogens (tertiary/aromatic N) is 1. The summed E-state index contributed by atoms with van der Waals surface area (Å²) in [5.41, 5.74) is -0.0456. The van der Waals surface area contributed by atoms with E-state index in [1.165, 1.54) is 7.11 Å². The molecule has 0 unspecified atom stereocenters. The molecule has 0 atom stereocenters. The van der Waals surface area contributed by atoms with Crippen LogP contribution in [0.4, 0.5) is 0 Å². The summed E-state index contributed by atoms with van der Waals surface area (Å²) in [5, 5.41) is 10.7. The number of aromatic nitrogens is 1. The largest absolute Gasteiger partial charge is 0.464 e. The number of ether oxygens (including phenoxy) is 3. The van der Waals surface area contributed by atoms with Crippen molar-refractivity contribution in [3.63, 3.8) is 0 Å². The number of esters is 1. The molecule has 1 aliphatic carbocycles. The minimum atomic E-state index is -0.899. The van der Waals surface area contributed by atoms with Crippen molar-refractivity contribution in [2.24, 2.45) is 0 Å². The number of carbonyl (C=O) groups is 1. The lowest BCUT2D eigenvalue weighted by molar-refractivity contribution is -0.196. The maximum absolute atomic E-state index is 11.5. The molecule has 3 rings (SSSR count). The molecule has 2 heterocycles. The molecule has 0 bridgehead atoms. The van der Waals surface area contributed by atoms with E-state index in [4.69, 9.17) is 9.47 Å². The third-order valence-electron chi connectivity index (χ3n) is 4.42. The molecular formula is C17H21NO5. The van der Waals surface area contributed by atoms with Crippen LogP contribution in [0.5, 0.6) is 0 Å². The molecule has 23 heavy (non-hydrogen) atoms. The van der Waals surface area contributed by atoms with Gasteiger partial charge < -0.3 is 19.3 Å². The van der Waals surface area contributed by atoms with Gasteiger partial charge in [-0.1, -0.05) is 12.1 Å². The van der Waals surface area contributed by atoms with Gasteiger partial charge in [-0.25, -0.2) is 9.78 Å². The number of carbonyl (C=O) groups excluding carboxylic acids is 1. The molecule has 2 aliphatic rings. The van der Waals surface area contributed by atoms with Crippen molar-refractivity contribution >= 4 is 12.0 Å². The van der Waals surface area contributed by atoms with Crippen molar-refractivity contribution in [2.75, 3.05) is 20.3 Å². The van der Waals surface area contributed by atoms with Gasteiger partial charge in [0.25, 0.3) is 0 Å². The Labute approximate surface area is 135 Å². The van der Waals surface area contributed by atoms with Gasteiger partial charge in [-0.05, 0) is 31.1 Å². The number of hydrogen-bond donors (Lipinski definition) is 1. The van der Waals surface area contributed by atoms with Crippen LogP contribution in [0.1, 0.15) is 41.9 Å². The molecule has 1 aromatic rings. The first kappa shape index (κ1) is 16.1. The van der Waals surface area contributed by atoms with Crippen LogP contribution in [-0.2, 0) is 14.2 Å². The number of hydrogen-bond acceptors (Lipinski definition) is 6. The molecule has 6 heteroatoms. The van der Waals surface area contributed by atoms with E-state index in [1.54, 1.807) is 30.4 Å². The predicted molar refractivity (Wildman–Crippen MR) is 82.7 cm³/mol. The molecular weight excluding hydrogens is 298 g/mol. The van der Waals surface area contributed by atoms with Crippen LogP contribution < -0.4 is 0 Å². The highest BCUT2D eigenvalue weighted by molar-refractivity contribution is 5.87. The van der Waals surface area contributed by atoms with Crippen LogP contribution in [-0.4, -0.2) is 47.8 Å². The quantitative estimate of drug-likeness (QED) is 0.858. The average Bonchev–Trinajstić information content (AvgIpc) is 3.05. The Morgan fingerprint density at radius 1 is 1.26 bits per heavy atom. The smallest absolute Gasteiger partial charge is 0.356 e. The molecule has 1 aromatic heterocycles. The van der Waals surface area contributed by atoms with Gasteiger partial charge in [0.1, 0.15) is 5.69 Å². The van der Waals surface area contributed by atoms with E-state index in [1.807, 2.05) is 0 Å². The fourth-order valence-corrected chi connectivity index (χ4v) is 3.02. The fourth-order valence-electron chi connectivity index (χ4n) is 3.02. The molecule has 0 amide bonds. The summed E-state index contributed by atoms with van der Waals surface area (Å²) in [4.78, 5) is 15.7. The highest BCUT2D eigenvalue weighted by atomic mass is 16.7. The molecule has 1 N–H and O–H groups in total. The molecule has 124 valence electrons. The van der Waals surface area contributed by atoms with Gasteiger partial charge in [0.15, 0.2) is 5.79 Å². The fraction of sp³-hybridized carbons (Fsp3) is 0.529. The number of aliphatic hydroxyl groups is 1. The van der Waals surface area contributed by atoms with E-state index in [-0.39, 0.29) is 5.69 Å². The van der Waals surface area contributed by atoms with E-state index in [0.717, 1.165) is 0 Å². The zero-order valence-electron chi connectivity index (χ0n) is 13.2. The van der Waals surface area contributed by atoms with E-state index in [0.29, 0.717) is 44.6 Å². The summed E-state index contributed by atoms with van der Waals surface area (Å²) >= 11 is 0. The van der Waals surface area contributed by atoms with E-state index >= 15 is 0 Å². The first-order chi connectivity index (χ1) is 11.0. The molecule has 1 aliphatic heterocycles. The van der Waals surface area contributed by atoms with Gasteiger partial charge in [0.2, 0.25) is 0 Å². The molecule has 6 nitrogen and oxygen atoms in total. The van der Waals surface area contributed by atoms with Gasteiger partial charge in [0, 0.05) is 12.8 Å². The Kier molecular flexibility index (Phi) is 4.48. The summed E-state index contributed by atoms with van der Waals surface area (Å²) in [6.45, 7) is 1.25. The summed E-state index contributed by atoms with van der Waals surface area (Å²) in [7, 11) is 1.32. The minimum Gasteiger partial charge on any atom is -0.464 e. The molecule has 1 saturated heterocycles. The zero-order valence-corrected chi connectivity index (χ0v) is 13.2. The lowest BCUT2D eigenvalue weighted by Gasteiger charge is -2.39. The normalized spacial score (nSPS) is 22.5. The highest BCUT2D eigenvalue weighted by Gasteiger charge is 2.44. The van der Waals surface area contributed by atoms with Crippen LogP contribution in [0.3, 0.4) is 0 Å². The van der Waals surface area contributed by atoms with Crippen molar-refractivity contribution in [3.05, 3.63) is 35.7 Å². The topological polar surface area (TPSA) is 77.9 Å². The van der Waals surface area contributed by atoms with E-state index in [9.17, 15) is 9.90 Å². The van der Waals surface area contributed by atoms with Crippen molar-refractivity contribution in [2.45, 2.75) is 37.1 Å². The van der Waals surface area contributed by atoms with Gasteiger partial charge >= 0.3 is 5.97 Å². The van der Waals surface area contributed by atoms with Crippen LogP contribution in [0.25, 0.3) is 6.08 Å². The SMILES string of the molecule is COC(=O)c1cccc(/C=C/C2(O)CCC3(CC2)OCCO3)n1. The summed E-state index contributed by atoms with van der Waals surface area (Å²) in [6.07, 6.45) is 5.96. The molecule has 0 aromatic carbocycles. The maximum Gasteiger partial charge on any atom is 0.356 e. The monoisotopic (exact) mass is 319 g/mol. The maximum atomic E-state index is 11.5. The average molecular weight is 319 g/mol.